The number of hydrogen-bond acceptors (Lipinski definition) is 1. The molecule has 0 saturated heterocycles. The molecule has 0 aliphatic heterocycles. The van der Waals surface area contributed by atoms with Crippen molar-refractivity contribution in [2.45, 2.75) is 26.8 Å². The quantitative estimate of drug-likeness (QED) is 0.751. The van der Waals surface area contributed by atoms with Crippen LogP contribution in [0.25, 0.3) is 0 Å². The molecule has 1 atom stereocenters. The molecule has 1 aromatic heterocycles. The highest BCUT2D eigenvalue weighted by Gasteiger charge is 2.09. The molecule has 2 nitrogen and oxygen atoms in total. The minimum absolute atomic E-state index is 0.499. The molecule has 1 heterocycles. The average molecular weight is 264 g/mol. The van der Waals surface area contributed by atoms with Gasteiger partial charge >= 0.3 is 0 Å². The van der Waals surface area contributed by atoms with Gasteiger partial charge in [0.15, 0.2) is 0 Å². The molecule has 0 amide bonds. The van der Waals surface area contributed by atoms with Crippen LogP contribution in [0.15, 0.2) is 12.4 Å². The van der Waals surface area contributed by atoms with E-state index in [1.165, 1.54) is 3.57 Å². The third kappa shape index (κ3) is 2.18. The van der Waals surface area contributed by atoms with Crippen LogP contribution in [0, 0.1) is 9.49 Å². The topological polar surface area (TPSA) is 17.8 Å². The monoisotopic (exact) mass is 264 g/mol. The van der Waals surface area contributed by atoms with Crippen LogP contribution in [-0.2, 0) is 0 Å². The summed E-state index contributed by atoms with van der Waals surface area (Å²) in [5.41, 5.74) is 0. The molecule has 0 aromatic carbocycles. The van der Waals surface area contributed by atoms with Crippen LogP contribution in [0.4, 0.5) is 0 Å². The van der Waals surface area contributed by atoms with E-state index in [9.17, 15) is 0 Å². The normalized spacial score (nSPS) is 13.9. The molecule has 0 radical (unpaired) electrons. The summed E-state index contributed by atoms with van der Waals surface area (Å²) in [6, 6.07) is 0.499. The van der Waals surface area contributed by atoms with Crippen LogP contribution in [-0.4, -0.2) is 9.78 Å². The summed E-state index contributed by atoms with van der Waals surface area (Å²) in [5.74, 6) is 0.644. The van der Waals surface area contributed by atoms with E-state index < -0.39 is 0 Å². The van der Waals surface area contributed by atoms with Gasteiger partial charge in [-0.3, -0.25) is 4.68 Å². The van der Waals surface area contributed by atoms with E-state index in [2.05, 4.69) is 54.7 Å². The molecule has 3 heteroatoms. The highest BCUT2D eigenvalue weighted by Crippen LogP contribution is 2.16. The molecule has 0 N–H and O–H groups in total. The van der Waals surface area contributed by atoms with Crippen molar-refractivity contribution >= 4 is 22.6 Å². The van der Waals surface area contributed by atoms with Crippen molar-refractivity contribution in [1.29, 1.82) is 0 Å². The van der Waals surface area contributed by atoms with Gasteiger partial charge in [-0.25, -0.2) is 0 Å². The van der Waals surface area contributed by atoms with Gasteiger partial charge in [0.25, 0.3) is 0 Å². The van der Waals surface area contributed by atoms with Crippen LogP contribution >= 0.6 is 22.6 Å². The van der Waals surface area contributed by atoms with E-state index in [0.29, 0.717) is 12.0 Å². The van der Waals surface area contributed by atoms with Gasteiger partial charge in [-0.15, -0.1) is 0 Å². The first kappa shape index (κ1) is 9.03. The Morgan fingerprint density at radius 2 is 2.09 bits per heavy atom. The molecule has 0 saturated carbocycles. The van der Waals surface area contributed by atoms with Crippen molar-refractivity contribution in [1.82, 2.24) is 9.78 Å². The predicted octanol–water partition coefficient (Wildman–Crippen LogP) is 2.70. The van der Waals surface area contributed by atoms with Crippen LogP contribution in [0.3, 0.4) is 0 Å². The Morgan fingerprint density at radius 1 is 1.45 bits per heavy atom. The Hall–Kier alpha value is -0.0600. The van der Waals surface area contributed by atoms with E-state index in [1.54, 1.807) is 0 Å². The molecule has 1 unspecified atom stereocenters. The molecular weight excluding hydrogens is 251 g/mol. The van der Waals surface area contributed by atoms with Gasteiger partial charge in [-0.2, -0.15) is 5.10 Å². The van der Waals surface area contributed by atoms with Gasteiger partial charge < -0.3 is 0 Å². The van der Waals surface area contributed by atoms with E-state index >= 15 is 0 Å². The highest BCUT2D eigenvalue weighted by atomic mass is 127. The minimum Gasteiger partial charge on any atom is -0.269 e. The molecule has 62 valence electrons. The summed E-state index contributed by atoms with van der Waals surface area (Å²) in [6.45, 7) is 6.60. The number of rotatable bonds is 2. The molecule has 11 heavy (non-hydrogen) atoms. The Morgan fingerprint density at radius 3 is 2.45 bits per heavy atom. The van der Waals surface area contributed by atoms with E-state index in [-0.39, 0.29) is 0 Å². The zero-order valence-electron chi connectivity index (χ0n) is 7.08. The fraction of sp³-hybridized carbons (Fsp3) is 0.625. The Labute approximate surface area is 81.1 Å². The van der Waals surface area contributed by atoms with Gasteiger partial charge in [0.2, 0.25) is 0 Å². The molecule has 0 spiro atoms. The van der Waals surface area contributed by atoms with Crippen molar-refractivity contribution in [3.05, 3.63) is 16.0 Å². The van der Waals surface area contributed by atoms with Crippen molar-refractivity contribution in [3.63, 3.8) is 0 Å². The van der Waals surface area contributed by atoms with Gasteiger partial charge in [0.05, 0.1) is 15.8 Å². The van der Waals surface area contributed by atoms with Crippen molar-refractivity contribution in [3.8, 4) is 0 Å². The molecule has 0 aliphatic rings. The largest absolute Gasteiger partial charge is 0.269 e. The highest BCUT2D eigenvalue weighted by molar-refractivity contribution is 14.1. The Kier molecular flexibility index (Phi) is 2.92. The number of halogens is 1. The van der Waals surface area contributed by atoms with E-state index in [0.717, 1.165) is 0 Å². The van der Waals surface area contributed by atoms with Crippen LogP contribution in [0.1, 0.15) is 26.8 Å². The van der Waals surface area contributed by atoms with E-state index in [1.807, 2.05) is 10.9 Å². The lowest BCUT2D eigenvalue weighted by Crippen LogP contribution is -2.11. The lowest BCUT2D eigenvalue weighted by Gasteiger charge is -2.15. The standard InChI is InChI=1S/C8H13IN2/c1-6(2)7(3)11-5-8(9)4-10-11/h4-7H,1-3H3. The molecule has 0 bridgehead atoms. The molecule has 0 fully saturated rings. The summed E-state index contributed by atoms with van der Waals surface area (Å²) in [6.07, 6.45) is 3.96. The lowest BCUT2D eigenvalue weighted by atomic mass is 10.1. The second kappa shape index (κ2) is 3.56. The van der Waals surface area contributed by atoms with Crippen molar-refractivity contribution < 1.29 is 0 Å². The summed E-state index contributed by atoms with van der Waals surface area (Å²) in [5, 5.41) is 4.25. The summed E-state index contributed by atoms with van der Waals surface area (Å²) in [4.78, 5) is 0. The second-order valence-electron chi connectivity index (χ2n) is 3.12. The fourth-order valence-electron chi connectivity index (χ4n) is 0.843. The van der Waals surface area contributed by atoms with E-state index in [4.69, 9.17) is 0 Å². The lowest BCUT2D eigenvalue weighted by molar-refractivity contribution is 0.375. The van der Waals surface area contributed by atoms with Gasteiger partial charge in [0.1, 0.15) is 0 Å². The van der Waals surface area contributed by atoms with Crippen molar-refractivity contribution in [2.75, 3.05) is 0 Å². The molecule has 1 aromatic rings. The summed E-state index contributed by atoms with van der Waals surface area (Å²) in [7, 11) is 0. The maximum absolute atomic E-state index is 4.25. The first-order valence-corrected chi connectivity index (χ1v) is 4.89. The molecule has 1 rings (SSSR count). The third-order valence-electron chi connectivity index (χ3n) is 1.95. The minimum atomic E-state index is 0.499. The first-order valence-electron chi connectivity index (χ1n) is 3.81. The van der Waals surface area contributed by atoms with Crippen LogP contribution in [0.5, 0.6) is 0 Å². The first-order chi connectivity index (χ1) is 5.11. The fourth-order valence-corrected chi connectivity index (χ4v) is 1.25. The zero-order chi connectivity index (χ0) is 8.43. The third-order valence-corrected chi connectivity index (χ3v) is 2.51. The smallest absolute Gasteiger partial charge is 0.0623 e. The van der Waals surface area contributed by atoms with Gasteiger partial charge in [0, 0.05) is 6.20 Å². The number of nitrogens with zero attached hydrogens (tertiary/aromatic N) is 2. The average Bonchev–Trinajstić information content (AvgIpc) is 2.34. The predicted molar refractivity (Wildman–Crippen MR) is 54.5 cm³/mol. The zero-order valence-corrected chi connectivity index (χ0v) is 9.24. The molecular formula is C8H13IN2. The van der Waals surface area contributed by atoms with Crippen molar-refractivity contribution in [2.24, 2.45) is 5.92 Å². The Bertz CT molecular complexity index is 230. The van der Waals surface area contributed by atoms with Crippen LogP contribution in [0.2, 0.25) is 0 Å². The summed E-state index contributed by atoms with van der Waals surface area (Å²) < 4.78 is 3.22. The number of hydrogen-bond donors (Lipinski definition) is 0. The van der Waals surface area contributed by atoms with Gasteiger partial charge in [-0.05, 0) is 35.4 Å². The maximum Gasteiger partial charge on any atom is 0.0623 e. The summed E-state index contributed by atoms with van der Waals surface area (Å²) >= 11 is 2.27. The maximum atomic E-state index is 4.25. The number of aromatic nitrogens is 2. The SMILES string of the molecule is CC(C)C(C)n1cc(I)cn1. The second-order valence-corrected chi connectivity index (χ2v) is 4.37. The Balaban J connectivity index is 2.76. The van der Waals surface area contributed by atoms with Gasteiger partial charge in [-0.1, -0.05) is 13.8 Å². The molecule has 0 aliphatic carbocycles. The van der Waals surface area contributed by atoms with Crippen LogP contribution < -0.4 is 0 Å².